The number of aryl methyl sites for hydroxylation is 1. The van der Waals surface area contributed by atoms with Gasteiger partial charge in [0.2, 0.25) is 5.91 Å². The van der Waals surface area contributed by atoms with E-state index in [0.717, 1.165) is 5.75 Å². The van der Waals surface area contributed by atoms with Gasteiger partial charge in [-0.25, -0.2) is 0 Å². The van der Waals surface area contributed by atoms with Gasteiger partial charge in [0, 0.05) is 19.0 Å². The van der Waals surface area contributed by atoms with E-state index in [-0.39, 0.29) is 18.2 Å². The third-order valence-corrected chi connectivity index (χ3v) is 3.38. The van der Waals surface area contributed by atoms with Crippen molar-refractivity contribution in [3.8, 4) is 5.75 Å². The van der Waals surface area contributed by atoms with Crippen molar-refractivity contribution >= 4 is 11.9 Å². The summed E-state index contributed by atoms with van der Waals surface area (Å²) in [7, 11) is 0. The van der Waals surface area contributed by atoms with E-state index in [1.165, 1.54) is 5.56 Å². The highest BCUT2D eigenvalue weighted by molar-refractivity contribution is 5.77. The van der Waals surface area contributed by atoms with E-state index in [2.05, 4.69) is 0 Å². The molecule has 1 amide bonds. The molecular weight excluding hydrogens is 258 g/mol. The molecule has 0 radical (unpaired) electrons. The number of carboxylic acids is 1. The van der Waals surface area contributed by atoms with Crippen LogP contribution in [0, 0.1) is 12.8 Å². The Hall–Kier alpha value is -2.04. The number of ether oxygens (including phenoxy) is 1. The minimum atomic E-state index is -0.801. The lowest BCUT2D eigenvalue weighted by Crippen LogP contribution is -2.50. The van der Waals surface area contributed by atoms with Gasteiger partial charge in [0.05, 0.1) is 19.4 Å². The van der Waals surface area contributed by atoms with Gasteiger partial charge < -0.3 is 14.7 Å². The molecule has 0 saturated carbocycles. The zero-order valence-corrected chi connectivity index (χ0v) is 11.5. The zero-order valence-electron chi connectivity index (χ0n) is 11.5. The first kappa shape index (κ1) is 14.4. The fourth-order valence-corrected chi connectivity index (χ4v) is 2.20. The molecule has 0 spiro atoms. The summed E-state index contributed by atoms with van der Waals surface area (Å²) in [5.74, 6) is 0.0915. The molecule has 0 aliphatic carbocycles. The van der Waals surface area contributed by atoms with Gasteiger partial charge in [-0.2, -0.15) is 0 Å². The highest BCUT2D eigenvalue weighted by Gasteiger charge is 2.31. The number of likely N-dealkylation sites (tertiary alicyclic amines) is 1. The Labute approximate surface area is 118 Å². The lowest BCUT2D eigenvalue weighted by molar-refractivity contribution is -0.145. The molecule has 1 aromatic carbocycles. The molecule has 20 heavy (non-hydrogen) atoms. The van der Waals surface area contributed by atoms with Crippen molar-refractivity contribution in [1.29, 1.82) is 0 Å². The predicted octanol–water partition coefficient (Wildman–Crippen LogP) is 1.70. The highest BCUT2D eigenvalue weighted by Crippen LogP contribution is 2.20. The van der Waals surface area contributed by atoms with Gasteiger partial charge in [0.1, 0.15) is 5.75 Å². The Morgan fingerprint density at radius 2 is 1.95 bits per heavy atom. The van der Waals surface area contributed by atoms with E-state index in [1.807, 2.05) is 31.2 Å². The maximum atomic E-state index is 11.8. The first-order valence-electron chi connectivity index (χ1n) is 6.73. The molecular formula is C15H19NO4. The summed E-state index contributed by atoms with van der Waals surface area (Å²) >= 11 is 0. The number of aliphatic carboxylic acids is 1. The van der Waals surface area contributed by atoms with Crippen molar-refractivity contribution in [2.24, 2.45) is 5.92 Å². The highest BCUT2D eigenvalue weighted by atomic mass is 16.5. The molecule has 0 unspecified atom stereocenters. The number of rotatable bonds is 6. The normalized spacial score (nSPS) is 14.8. The minimum Gasteiger partial charge on any atom is -0.493 e. The Kier molecular flexibility index (Phi) is 4.61. The Morgan fingerprint density at radius 3 is 2.55 bits per heavy atom. The van der Waals surface area contributed by atoms with E-state index in [4.69, 9.17) is 9.84 Å². The molecule has 0 atom stereocenters. The summed E-state index contributed by atoms with van der Waals surface area (Å²) in [6.45, 7) is 3.46. The average Bonchev–Trinajstić information content (AvgIpc) is 2.35. The third kappa shape index (κ3) is 3.98. The largest absolute Gasteiger partial charge is 0.493 e. The Balaban J connectivity index is 1.64. The van der Waals surface area contributed by atoms with Gasteiger partial charge >= 0.3 is 5.97 Å². The number of amides is 1. The lowest BCUT2D eigenvalue weighted by Gasteiger charge is -2.38. The molecule has 5 heteroatoms. The second-order valence-electron chi connectivity index (χ2n) is 5.17. The summed E-state index contributed by atoms with van der Waals surface area (Å²) in [5, 5.41) is 8.64. The average molecular weight is 277 g/mol. The number of nitrogens with zero attached hydrogens (tertiary/aromatic N) is 1. The van der Waals surface area contributed by atoms with Gasteiger partial charge in [-0.3, -0.25) is 9.59 Å². The van der Waals surface area contributed by atoms with Gasteiger partial charge in [-0.05, 0) is 19.1 Å². The van der Waals surface area contributed by atoms with Crippen LogP contribution >= 0.6 is 0 Å². The van der Waals surface area contributed by atoms with E-state index < -0.39 is 5.97 Å². The van der Waals surface area contributed by atoms with E-state index in [9.17, 15) is 9.59 Å². The second kappa shape index (κ2) is 6.41. The van der Waals surface area contributed by atoms with Crippen LogP contribution in [0.5, 0.6) is 5.75 Å². The van der Waals surface area contributed by atoms with Crippen LogP contribution in [-0.4, -0.2) is 41.6 Å². The standard InChI is InChI=1S/C15H19NO4/c1-11-2-4-13(5-3-11)20-7-6-14(17)16-9-12(10-16)8-15(18)19/h2-5,12H,6-10H2,1H3,(H,18,19). The molecule has 1 aliphatic rings. The molecule has 0 aromatic heterocycles. The van der Waals surface area contributed by atoms with Crippen molar-refractivity contribution in [3.05, 3.63) is 29.8 Å². The molecule has 108 valence electrons. The van der Waals surface area contributed by atoms with Crippen LogP contribution in [-0.2, 0) is 9.59 Å². The number of carbonyl (C=O) groups excluding carboxylic acids is 1. The smallest absolute Gasteiger partial charge is 0.303 e. The van der Waals surface area contributed by atoms with Crippen LogP contribution in [0.2, 0.25) is 0 Å². The zero-order chi connectivity index (χ0) is 14.5. The van der Waals surface area contributed by atoms with Gasteiger partial charge in [0.15, 0.2) is 0 Å². The SMILES string of the molecule is Cc1ccc(OCCC(=O)N2CC(CC(=O)O)C2)cc1. The van der Waals surface area contributed by atoms with Gasteiger partial charge in [-0.15, -0.1) is 0 Å². The number of hydrogen-bond donors (Lipinski definition) is 1. The van der Waals surface area contributed by atoms with E-state index in [1.54, 1.807) is 4.90 Å². The minimum absolute atomic E-state index is 0.0266. The van der Waals surface area contributed by atoms with Crippen molar-refractivity contribution in [2.45, 2.75) is 19.8 Å². The topological polar surface area (TPSA) is 66.8 Å². The molecule has 2 rings (SSSR count). The third-order valence-electron chi connectivity index (χ3n) is 3.38. The van der Waals surface area contributed by atoms with E-state index in [0.29, 0.717) is 26.1 Å². The van der Waals surface area contributed by atoms with Gasteiger partial charge in [0.25, 0.3) is 0 Å². The fraction of sp³-hybridized carbons (Fsp3) is 0.467. The maximum Gasteiger partial charge on any atom is 0.303 e. The van der Waals surface area contributed by atoms with Crippen LogP contribution in [0.3, 0.4) is 0 Å². The Morgan fingerprint density at radius 1 is 1.30 bits per heavy atom. The molecule has 1 N–H and O–H groups in total. The van der Waals surface area contributed by atoms with Crippen molar-refractivity contribution in [3.63, 3.8) is 0 Å². The molecule has 5 nitrogen and oxygen atoms in total. The monoisotopic (exact) mass is 277 g/mol. The molecule has 1 aliphatic heterocycles. The first-order valence-corrected chi connectivity index (χ1v) is 6.73. The number of hydrogen-bond acceptors (Lipinski definition) is 3. The van der Waals surface area contributed by atoms with Crippen LogP contribution in [0.15, 0.2) is 24.3 Å². The summed E-state index contributed by atoms with van der Waals surface area (Å²) in [5.41, 5.74) is 1.17. The number of benzene rings is 1. The van der Waals surface area contributed by atoms with E-state index >= 15 is 0 Å². The summed E-state index contributed by atoms with van der Waals surface area (Å²) in [4.78, 5) is 24.0. The fourth-order valence-electron chi connectivity index (χ4n) is 2.20. The summed E-state index contributed by atoms with van der Waals surface area (Å²) < 4.78 is 5.50. The Bertz CT molecular complexity index is 477. The van der Waals surface area contributed by atoms with Crippen molar-refractivity contribution in [2.75, 3.05) is 19.7 Å². The molecule has 1 saturated heterocycles. The number of carbonyl (C=O) groups is 2. The molecule has 0 bridgehead atoms. The van der Waals surface area contributed by atoms with Crippen molar-refractivity contribution in [1.82, 2.24) is 4.90 Å². The quantitative estimate of drug-likeness (QED) is 0.859. The summed E-state index contributed by atoms with van der Waals surface area (Å²) in [6.07, 6.45) is 0.470. The van der Waals surface area contributed by atoms with Crippen LogP contribution < -0.4 is 4.74 Å². The first-order chi connectivity index (χ1) is 9.54. The number of carboxylic acid groups (broad SMARTS) is 1. The lowest BCUT2D eigenvalue weighted by atomic mass is 9.96. The summed E-state index contributed by atoms with van der Waals surface area (Å²) in [6, 6.07) is 7.69. The van der Waals surface area contributed by atoms with Crippen LogP contribution in [0.1, 0.15) is 18.4 Å². The molecule has 1 heterocycles. The molecule has 1 aromatic rings. The maximum absolute atomic E-state index is 11.8. The van der Waals surface area contributed by atoms with Gasteiger partial charge in [-0.1, -0.05) is 17.7 Å². The predicted molar refractivity (Wildman–Crippen MR) is 73.6 cm³/mol. The molecule has 1 fully saturated rings. The second-order valence-corrected chi connectivity index (χ2v) is 5.17. The van der Waals surface area contributed by atoms with Crippen LogP contribution in [0.4, 0.5) is 0 Å². The van der Waals surface area contributed by atoms with Crippen LogP contribution in [0.25, 0.3) is 0 Å². The van der Waals surface area contributed by atoms with Crippen molar-refractivity contribution < 1.29 is 19.4 Å².